The largest absolute Gasteiger partial charge is 0.306 e. The fourth-order valence-electron chi connectivity index (χ4n) is 1.08. The number of benzene rings is 1. The summed E-state index contributed by atoms with van der Waals surface area (Å²) in [6, 6.07) is 6.80. The number of halogens is 1. The first kappa shape index (κ1) is 8.73. The van der Waals surface area contributed by atoms with Crippen molar-refractivity contribution in [2.75, 3.05) is 6.67 Å². The molecule has 0 spiro atoms. The van der Waals surface area contributed by atoms with E-state index in [4.69, 9.17) is 6.57 Å². The normalized spacial score (nSPS) is 12.1. The maximum Gasteiger partial charge on any atom is 0.276 e. The van der Waals surface area contributed by atoms with Crippen molar-refractivity contribution in [3.05, 3.63) is 46.8 Å². The van der Waals surface area contributed by atoms with Crippen LogP contribution in [0.5, 0.6) is 0 Å². The van der Waals surface area contributed by atoms with Gasteiger partial charge < -0.3 is 4.85 Å². The lowest BCUT2D eigenvalue weighted by Gasteiger charge is -2.01. The molecule has 1 rings (SSSR count). The van der Waals surface area contributed by atoms with Crippen LogP contribution >= 0.6 is 0 Å². The maximum atomic E-state index is 12.3. The molecule has 0 aliphatic carbocycles. The molecule has 0 aromatic heterocycles. The highest BCUT2D eigenvalue weighted by molar-refractivity contribution is 5.26. The highest BCUT2D eigenvalue weighted by Gasteiger charge is 2.14. The molecule has 0 radical (unpaired) electrons. The van der Waals surface area contributed by atoms with Crippen LogP contribution in [-0.2, 0) is 0 Å². The van der Waals surface area contributed by atoms with Crippen LogP contribution in [0.2, 0.25) is 0 Å². The minimum Gasteiger partial charge on any atom is -0.306 e. The van der Waals surface area contributed by atoms with Gasteiger partial charge in [0.05, 0.1) is 0 Å². The third kappa shape index (κ3) is 1.82. The highest BCUT2D eigenvalue weighted by Crippen LogP contribution is 2.18. The predicted octanol–water partition coefficient (Wildman–Crippen LogP) is 2.92. The van der Waals surface area contributed by atoms with E-state index < -0.39 is 12.7 Å². The van der Waals surface area contributed by atoms with E-state index in [0.717, 1.165) is 11.1 Å². The topological polar surface area (TPSA) is 4.36 Å². The van der Waals surface area contributed by atoms with E-state index in [2.05, 4.69) is 4.85 Å². The first-order chi connectivity index (χ1) is 5.77. The second-order valence-electron chi connectivity index (χ2n) is 2.71. The van der Waals surface area contributed by atoms with Gasteiger partial charge in [0, 0.05) is 5.56 Å². The summed E-state index contributed by atoms with van der Waals surface area (Å²) in [5.41, 5.74) is 1.84. The molecule has 0 N–H and O–H groups in total. The van der Waals surface area contributed by atoms with Gasteiger partial charge in [0.25, 0.3) is 6.04 Å². The molecule has 0 saturated carbocycles. The number of alkyl halides is 1. The fourth-order valence-corrected chi connectivity index (χ4v) is 1.08. The van der Waals surface area contributed by atoms with Gasteiger partial charge in [0.2, 0.25) is 0 Å². The number of rotatable bonds is 2. The maximum absolute atomic E-state index is 12.3. The molecule has 0 aliphatic rings. The van der Waals surface area contributed by atoms with E-state index in [1.54, 1.807) is 6.07 Å². The molecule has 1 unspecified atom stereocenters. The zero-order chi connectivity index (χ0) is 8.97. The summed E-state index contributed by atoms with van der Waals surface area (Å²) in [7, 11) is 0. The Labute approximate surface area is 71.7 Å². The van der Waals surface area contributed by atoms with Crippen LogP contribution in [0.3, 0.4) is 0 Å². The van der Waals surface area contributed by atoms with Crippen molar-refractivity contribution < 1.29 is 4.39 Å². The molecule has 0 aliphatic heterocycles. The van der Waals surface area contributed by atoms with Gasteiger partial charge in [-0.25, -0.2) is 11.0 Å². The second kappa shape index (κ2) is 3.87. The van der Waals surface area contributed by atoms with E-state index in [1.807, 2.05) is 25.1 Å². The minimum absolute atomic E-state index is 0.604. The Morgan fingerprint density at radius 3 is 2.83 bits per heavy atom. The average Bonchev–Trinajstić information content (AvgIpc) is 2.07. The van der Waals surface area contributed by atoms with Gasteiger partial charge in [-0.3, -0.25) is 0 Å². The van der Waals surface area contributed by atoms with Crippen LogP contribution in [-0.4, -0.2) is 6.67 Å². The van der Waals surface area contributed by atoms with Crippen molar-refractivity contribution in [1.29, 1.82) is 0 Å². The van der Waals surface area contributed by atoms with E-state index in [0.29, 0.717) is 0 Å². The predicted molar refractivity (Wildman–Crippen MR) is 46.5 cm³/mol. The lowest BCUT2D eigenvalue weighted by Crippen LogP contribution is -1.94. The summed E-state index contributed by atoms with van der Waals surface area (Å²) in [5, 5.41) is 0. The standard InChI is InChI=1S/C10H10FN/c1-8-4-3-5-9(6-8)10(7-11)12-2/h3-6,10H,7H2,1H3. The Hall–Kier alpha value is -1.36. The fraction of sp³-hybridized carbons (Fsp3) is 0.300. The SMILES string of the molecule is [C-]#[N+]C(CF)c1cccc(C)c1. The smallest absolute Gasteiger partial charge is 0.276 e. The first-order valence-corrected chi connectivity index (χ1v) is 3.77. The number of hydrogen-bond donors (Lipinski definition) is 0. The van der Waals surface area contributed by atoms with Gasteiger partial charge >= 0.3 is 0 Å². The zero-order valence-electron chi connectivity index (χ0n) is 6.92. The molecule has 0 saturated heterocycles. The number of aryl methyl sites for hydroxylation is 1. The summed E-state index contributed by atoms with van der Waals surface area (Å²) in [6.45, 7) is 8.08. The Morgan fingerprint density at radius 2 is 2.33 bits per heavy atom. The van der Waals surface area contributed by atoms with Crippen LogP contribution < -0.4 is 0 Å². The molecule has 0 amide bonds. The van der Waals surface area contributed by atoms with Crippen LogP contribution in [0.4, 0.5) is 4.39 Å². The van der Waals surface area contributed by atoms with Gasteiger partial charge in [-0.2, -0.15) is 0 Å². The average molecular weight is 163 g/mol. The van der Waals surface area contributed by atoms with Crippen LogP contribution in [0.1, 0.15) is 17.2 Å². The van der Waals surface area contributed by atoms with Crippen LogP contribution in [0.15, 0.2) is 24.3 Å². The van der Waals surface area contributed by atoms with Gasteiger partial charge in [-0.05, 0) is 13.0 Å². The Kier molecular flexibility index (Phi) is 2.82. The van der Waals surface area contributed by atoms with Crippen molar-refractivity contribution >= 4 is 0 Å². The first-order valence-electron chi connectivity index (χ1n) is 3.77. The van der Waals surface area contributed by atoms with E-state index in [1.165, 1.54) is 0 Å². The molecule has 12 heavy (non-hydrogen) atoms. The van der Waals surface area contributed by atoms with Crippen LogP contribution in [0, 0.1) is 13.5 Å². The molecule has 0 bridgehead atoms. The summed E-state index contributed by atoms with van der Waals surface area (Å²) < 4.78 is 12.3. The van der Waals surface area contributed by atoms with Crippen molar-refractivity contribution in [3.8, 4) is 0 Å². The summed E-state index contributed by atoms with van der Waals surface area (Å²) >= 11 is 0. The molecular weight excluding hydrogens is 153 g/mol. The molecule has 1 atom stereocenters. The van der Waals surface area contributed by atoms with E-state index in [9.17, 15) is 4.39 Å². The van der Waals surface area contributed by atoms with Crippen molar-refractivity contribution in [2.24, 2.45) is 0 Å². The Bertz CT molecular complexity index is 301. The third-order valence-corrected chi connectivity index (χ3v) is 1.73. The minimum atomic E-state index is -0.620. The van der Waals surface area contributed by atoms with Gasteiger partial charge in [-0.1, -0.05) is 23.8 Å². The molecule has 2 heteroatoms. The Morgan fingerprint density at radius 1 is 1.58 bits per heavy atom. The van der Waals surface area contributed by atoms with Crippen molar-refractivity contribution in [3.63, 3.8) is 0 Å². The lowest BCUT2D eigenvalue weighted by atomic mass is 10.1. The lowest BCUT2D eigenvalue weighted by molar-refractivity contribution is 0.465. The number of hydrogen-bond acceptors (Lipinski definition) is 0. The molecular formula is C10H10FN. The molecule has 1 aromatic rings. The van der Waals surface area contributed by atoms with Crippen LogP contribution in [0.25, 0.3) is 4.85 Å². The quantitative estimate of drug-likeness (QED) is 0.590. The molecule has 0 fully saturated rings. The highest BCUT2D eigenvalue weighted by atomic mass is 19.1. The monoisotopic (exact) mass is 163 g/mol. The Balaban J connectivity index is 2.95. The summed E-state index contributed by atoms with van der Waals surface area (Å²) in [5.74, 6) is 0. The number of nitrogens with zero attached hydrogens (tertiary/aromatic N) is 1. The molecule has 1 aromatic carbocycles. The third-order valence-electron chi connectivity index (χ3n) is 1.73. The second-order valence-corrected chi connectivity index (χ2v) is 2.71. The van der Waals surface area contributed by atoms with E-state index in [-0.39, 0.29) is 0 Å². The van der Waals surface area contributed by atoms with Crippen molar-refractivity contribution in [2.45, 2.75) is 13.0 Å². The van der Waals surface area contributed by atoms with Crippen molar-refractivity contribution in [1.82, 2.24) is 0 Å². The van der Waals surface area contributed by atoms with Gasteiger partial charge in [-0.15, -0.1) is 0 Å². The zero-order valence-corrected chi connectivity index (χ0v) is 6.92. The summed E-state index contributed by atoms with van der Waals surface area (Å²) in [6.07, 6.45) is 0. The molecule has 0 heterocycles. The molecule has 1 nitrogen and oxygen atoms in total. The van der Waals surface area contributed by atoms with Gasteiger partial charge in [0.1, 0.15) is 0 Å². The van der Waals surface area contributed by atoms with E-state index >= 15 is 0 Å². The molecule has 62 valence electrons. The summed E-state index contributed by atoms with van der Waals surface area (Å²) in [4.78, 5) is 3.19. The van der Waals surface area contributed by atoms with Gasteiger partial charge in [0.15, 0.2) is 6.67 Å².